The zero-order chi connectivity index (χ0) is 10.8. The van der Waals surface area contributed by atoms with E-state index in [9.17, 15) is 8.78 Å². The van der Waals surface area contributed by atoms with E-state index < -0.39 is 11.6 Å². The molecule has 3 heteroatoms. The molecule has 1 aliphatic rings. The Morgan fingerprint density at radius 2 is 2.20 bits per heavy atom. The molecule has 1 aromatic rings. The molecule has 2 rings (SSSR count). The number of hydrogen-bond donors (Lipinski definition) is 1. The van der Waals surface area contributed by atoms with Gasteiger partial charge in [-0.25, -0.2) is 8.78 Å². The third kappa shape index (κ3) is 2.02. The van der Waals surface area contributed by atoms with Crippen molar-refractivity contribution >= 4 is 0 Å². The van der Waals surface area contributed by atoms with E-state index in [0.717, 1.165) is 19.5 Å². The Morgan fingerprint density at radius 3 is 2.87 bits per heavy atom. The van der Waals surface area contributed by atoms with Gasteiger partial charge in [0, 0.05) is 0 Å². The Bertz CT molecular complexity index is 345. The van der Waals surface area contributed by atoms with Crippen molar-refractivity contribution in [3.05, 3.63) is 35.4 Å². The highest BCUT2D eigenvalue weighted by Crippen LogP contribution is 2.30. The number of rotatable bonds is 2. The molecule has 0 amide bonds. The van der Waals surface area contributed by atoms with Crippen LogP contribution in [0.25, 0.3) is 0 Å². The lowest BCUT2D eigenvalue weighted by molar-refractivity contribution is 0.443. The molecule has 2 atom stereocenters. The molecule has 0 bridgehead atoms. The van der Waals surface area contributed by atoms with Crippen LogP contribution >= 0.6 is 0 Å². The molecule has 0 aromatic heterocycles. The van der Waals surface area contributed by atoms with Crippen molar-refractivity contribution < 1.29 is 8.78 Å². The minimum Gasteiger partial charge on any atom is -0.316 e. The monoisotopic (exact) mass is 211 g/mol. The van der Waals surface area contributed by atoms with E-state index in [1.807, 2.05) is 6.92 Å². The van der Waals surface area contributed by atoms with Gasteiger partial charge in [-0.2, -0.15) is 0 Å². The maximum atomic E-state index is 13.5. The summed E-state index contributed by atoms with van der Waals surface area (Å²) in [5, 5.41) is 3.24. The van der Waals surface area contributed by atoms with Gasteiger partial charge in [0.1, 0.15) is 0 Å². The number of hydrogen-bond acceptors (Lipinski definition) is 1. The Kier molecular flexibility index (Phi) is 3.00. The predicted molar refractivity (Wildman–Crippen MR) is 55.7 cm³/mol. The summed E-state index contributed by atoms with van der Waals surface area (Å²) in [6.07, 6.45) is 1.04. The SMILES string of the molecule is CC(c1cccc(F)c1F)C1CCNC1. The summed E-state index contributed by atoms with van der Waals surface area (Å²) in [5.41, 5.74) is 0.503. The lowest BCUT2D eigenvalue weighted by Crippen LogP contribution is -2.15. The van der Waals surface area contributed by atoms with E-state index >= 15 is 0 Å². The summed E-state index contributed by atoms with van der Waals surface area (Å²) in [6, 6.07) is 4.42. The van der Waals surface area contributed by atoms with E-state index in [-0.39, 0.29) is 5.92 Å². The van der Waals surface area contributed by atoms with Crippen LogP contribution in [0.2, 0.25) is 0 Å². The fourth-order valence-corrected chi connectivity index (χ4v) is 2.23. The van der Waals surface area contributed by atoms with Crippen molar-refractivity contribution in [3.8, 4) is 0 Å². The molecule has 0 saturated carbocycles. The maximum absolute atomic E-state index is 13.5. The molecule has 0 spiro atoms. The van der Waals surface area contributed by atoms with Crippen LogP contribution in [0, 0.1) is 17.6 Å². The first-order valence-corrected chi connectivity index (χ1v) is 5.34. The molecule has 1 fully saturated rings. The van der Waals surface area contributed by atoms with Gasteiger partial charge in [0.05, 0.1) is 0 Å². The molecular formula is C12H15F2N. The Hall–Kier alpha value is -0.960. The third-order valence-corrected chi connectivity index (χ3v) is 3.28. The normalized spacial score (nSPS) is 23.0. The lowest BCUT2D eigenvalue weighted by atomic mass is 9.87. The van der Waals surface area contributed by atoms with E-state index in [1.165, 1.54) is 6.07 Å². The number of benzene rings is 1. The zero-order valence-corrected chi connectivity index (χ0v) is 8.76. The average Bonchev–Trinajstić information content (AvgIpc) is 2.74. The van der Waals surface area contributed by atoms with Gasteiger partial charge in [-0.15, -0.1) is 0 Å². The average molecular weight is 211 g/mol. The van der Waals surface area contributed by atoms with E-state index in [2.05, 4.69) is 5.32 Å². The number of nitrogens with one attached hydrogen (secondary N) is 1. The second-order valence-electron chi connectivity index (χ2n) is 4.18. The van der Waals surface area contributed by atoms with Crippen molar-refractivity contribution in [2.24, 2.45) is 5.92 Å². The molecule has 1 saturated heterocycles. The Morgan fingerprint density at radius 1 is 1.40 bits per heavy atom. The van der Waals surface area contributed by atoms with Crippen molar-refractivity contribution in [3.63, 3.8) is 0 Å². The summed E-state index contributed by atoms with van der Waals surface area (Å²) < 4.78 is 26.5. The minimum absolute atomic E-state index is 0.0794. The molecule has 1 heterocycles. The van der Waals surface area contributed by atoms with Gasteiger partial charge in [0.2, 0.25) is 0 Å². The second-order valence-corrected chi connectivity index (χ2v) is 4.18. The first-order chi connectivity index (χ1) is 7.20. The van der Waals surface area contributed by atoms with Gasteiger partial charge in [-0.05, 0) is 43.0 Å². The van der Waals surface area contributed by atoms with Crippen LogP contribution in [0.3, 0.4) is 0 Å². The second kappa shape index (κ2) is 4.27. The quantitative estimate of drug-likeness (QED) is 0.793. The highest BCUT2D eigenvalue weighted by Gasteiger charge is 2.25. The van der Waals surface area contributed by atoms with Gasteiger partial charge in [0.25, 0.3) is 0 Å². The maximum Gasteiger partial charge on any atom is 0.162 e. The summed E-state index contributed by atoms with van der Waals surface area (Å²) >= 11 is 0. The molecule has 0 radical (unpaired) electrons. The minimum atomic E-state index is -0.745. The molecule has 15 heavy (non-hydrogen) atoms. The molecule has 1 aliphatic heterocycles. The van der Waals surface area contributed by atoms with Crippen LogP contribution < -0.4 is 5.32 Å². The summed E-state index contributed by atoms with van der Waals surface area (Å²) in [6.45, 7) is 3.85. The molecule has 82 valence electrons. The van der Waals surface area contributed by atoms with E-state index in [1.54, 1.807) is 12.1 Å². The standard InChI is InChI=1S/C12H15F2N/c1-8(9-5-6-15-7-9)10-3-2-4-11(13)12(10)14/h2-4,8-9,15H,5-7H2,1H3. The Balaban J connectivity index is 2.24. The van der Waals surface area contributed by atoms with Gasteiger partial charge >= 0.3 is 0 Å². The van der Waals surface area contributed by atoms with Crippen LogP contribution in [0.1, 0.15) is 24.8 Å². The van der Waals surface area contributed by atoms with Crippen LogP contribution in [0.5, 0.6) is 0 Å². The summed E-state index contributed by atoms with van der Waals surface area (Å²) in [7, 11) is 0. The van der Waals surface area contributed by atoms with Gasteiger partial charge < -0.3 is 5.32 Å². The van der Waals surface area contributed by atoms with Crippen molar-refractivity contribution in [1.82, 2.24) is 5.32 Å². The van der Waals surface area contributed by atoms with Crippen LogP contribution in [0.15, 0.2) is 18.2 Å². The van der Waals surface area contributed by atoms with Crippen molar-refractivity contribution in [1.29, 1.82) is 0 Å². The third-order valence-electron chi connectivity index (χ3n) is 3.28. The van der Waals surface area contributed by atoms with Gasteiger partial charge in [-0.3, -0.25) is 0 Å². The largest absolute Gasteiger partial charge is 0.316 e. The van der Waals surface area contributed by atoms with E-state index in [4.69, 9.17) is 0 Å². The van der Waals surface area contributed by atoms with Gasteiger partial charge in [0.15, 0.2) is 11.6 Å². The fraction of sp³-hybridized carbons (Fsp3) is 0.500. The first kappa shape index (κ1) is 10.6. The van der Waals surface area contributed by atoms with E-state index in [0.29, 0.717) is 11.5 Å². The smallest absolute Gasteiger partial charge is 0.162 e. The van der Waals surface area contributed by atoms with Crippen LogP contribution in [0.4, 0.5) is 8.78 Å². The van der Waals surface area contributed by atoms with Crippen LogP contribution in [-0.2, 0) is 0 Å². The first-order valence-electron chi connectivity index (χ1n) is 5.34. The lowest BCUT2D eigenvalue weighted by Gasteiger charge is -2.19. The van der Waals surface area contributed by atoms with Crippen molar-refractivity contribution in [2.75, 3.05) is 13.1 Å². The molecular weight excluding hydrogens is 196 g/mol. The Labute approximate surface area is 88.5 Å². The number of halogens is 2. The molecule has 1 aromatic carbocycles. The summed E-state index contributed by atoms with van der Waals surface area (Å²) in [5.74, 6) is -0.931. The molecule has 2 unspecified atom stereocenters. The predicted octanol–water partition coefficient (Wildman–Crippen LogP) is 2.68. The highest BCUT2D eigenvalue weighted by molar-refractivity contribution is 5.23. The van der Waals surface area contributed by atoms with Gasteiger partial charge in [-0.1, -0.05) is 19.1 Å². The van der Waals surface area contributed by atoms with Crippen LogP contribution in [-0.4, -0.2) is 13.1 Å². The summed E-state index contributed by atoms with van der Waals surface area (Å²) in [4.78, 5) is 0. The molecule has 1 nitrogen and oxygen atoms in total. The topological polar surface area (TPSA) is 12.0 Å². The zero-order valence-electron chi connectivity index (χ0n) is 8.76. The highest BCUT2D eigenvalue weighted by atomic mass is 19.2. The fourth-order valence-electron chi connectivity index (χ4n) is 2.23. The molecule has 0 aliphatic carbocycles. The van der Waals surface area contributed by atoms with Crippen molar-refractivity contribution in [2.45, 2.75) is 19.3 Å². The molecule has 1 N–H and O–H groups in total.